The smallest absolute Gasteiger partial charge is 0.330 e. The van der Waals surface area contributed by atoms with Gasteiger partial charge in [-0.1, -0.05) is 145 Å². The zero-order chi connectivity index (χ0) is 51.6. The molecule has 72 heavy (non-hydrogen) atoms. The lowest BCUT2D eigenvalue weighted by molar-refractivity contribution is -0.0997. The van der Waals surface area contributed by atoms with Crippen molar-refractivity contribution in [1.29, 1.82) is 5.26 Å². The molecule has 0 aliphatic carbocycles. The third-order valence-electron chi connectivity index (χ3n) is 13.1. The first-order valence-electron chi connectivity index (χ1n) is 26.5. The molecule has 1 fully saturated rings. The molecule has 0 amide bonds. The third-order valence-corrected chi connectivity index (χ3v) is 15.2. The van der Waals surface area contributed by atoms with Crippen LogP contribution < -0.4 is 20.7 Å². The molecule has 0 spiro atoms. The van der Waals surface area contributed by atoms with E-state index in [0.29, 0.717) is 24.7 Å². The highest BCUT2D eigenvalue weighted by molar-refractivity contribution is 7.44. The second kappa shape index (κ2) is 32.0. The topological polar surface area (TPSA) is 156 Å². The Morgan fingerprint density at radius 2 is 1.24 bits per heavy atom. The number of nitriles is 1. The van der Waals surface area contributed by atoms with Crippen molar-refractivity contribution in [3.63, 3.8) is 0 Å². The maximum absolute atomic E-state index is 13.7. The molecule has 1 N–H and O–H groups in total. The number of rotatable bonds is 36. The fraction of sp³-hybridized carbons (Fsp3) is 0.596. The first-order chi connectivity index (χ1) is 35.1. The Bertz CT molecular complexity index is 2200. The lowest BCUT2D eigenvalue weighted by atomic mass is 9.80. The molecule has 14 nitrogen and oxygen atoms in total. The van der Waals surface area contributed by atoms with Gasteiger partial charge in [0, 0.05) is 31.0 Å². The van der Waals surface area contributed by atoms with Gasteiger partial charge in [0.05, 0.1) is 53.1 Å². The predicted molar refractivity (Wildman–Crippen MR) is 284 cm³/mol. The highest BCUT2D eigenvalue weighted by Crippen LogP contribution is 2.51. The van der Waals surface area contributed by atoms with Crippen molar-refractivity contribution in [3.05, 3.63) is 129 Å². The average molecular weight is 1020 g/mol. The zero-order valence-electron chi connectivity index (χ0n) is 44.1. The number of aromatic amines is 1. The lowest BCUT2D eigenvalue weighted by Crippen LogP contribution is -2.44. The Kier molecular flexibility index (Phi) is 26.0. The van der Waals surface area contributed by atoms with Gasteiger partial charge in [-0.05, 0) is 75.1 Å². The van der Waals surface area contributed by atoms with Crippen LogP contribution in [0.25, 0.3) is 0 Å². The van der Waals surface area contributed by atoms with Gasteiger partial charge in [0.2, 0.25) is 0 Å². The molecule has 1 aromatic heterocycles. The van der Waals surface area contributed by atoms with E-state index < -0.39 is 49.9 Å². The molecule has 0 bridgehead atoms. The van der Waals surface area contributed by atoms with Gasteiger partial charge in [-0.15, -0.1) is 0 Å². The van der Waals surface area contributed by atoms with Crippen LogP contribution in [0.2, 0.25) is 0 Å². The number of ether oxygens (including phenoxy) is 6. The van der Waals surface area contributed by atoms with Gasteiger partial charge in [-0.25, -0.2) is 9.46 Å². The van der Waals surface area contributed by atoms with Crippen LogP contribution in [0.4, 0.5) is 0 Å². The SMILES string of the molecule is CCCCCCCCCCCCCCCCOCCOC1C(OP(OCCC#N)N(C(C)C)C(C)C)C(COC(c2ccccc2)(c2ccc(OC)cc2)c2ccc(OC)cc2)OC1n1ccc(=O)[nH]c1=O. The summed E-state index contributed by atoms with van der Waals surface area (Å²) in [7, 11) is 1.42. The molecule has 5 unspecified atom stereocenters. The summed E-state index contributed by atoms with van der Waals surface area (Å²) in [5.41, 5.74) is 0.0701. The van der Waals surface area contributed by atoms with Crippen LogP contribution in [-0.4, -0.2) is 91.9 Å². The first kappa shape index (κ1) is 58.5. The molecular formula is C57H83N4O10P. The summed E-state index contributed by atoms with van der Waals surface area (Å²) >= 11 is 0. The highest BCUT2D eigenvalue weighted by Gasteiger charge is 2.51. The van der Waals surface area contributed by atoms with Gasteiger partial charge >= 0.3 is 5.69 Å². The number of benzene rings is 3. The number of aromatic nitrogens is 2. The standard InChI is InChI=1S/C57H83N4O10P/c1-8-9-10-11-12-13-14-15-16-17-18-19-20-24-39-66-41-42-67-54-53(71-72(69-40-25-37-58)61(44(2)3)45(4)5)51(70-55(54)60-38-36-52(62)59-56(60)63)43-68-57(46-26-22-21-23-27-46,47-28-32-49(64-6)33-29-47)48-30-34-50(65-7)35-31-48/h21-23,26-36,38,44-45,51,53-55H,8-20,24-25,39-43H2,1-7H3,(H,59,62,63). The number of nitrogens with zero attached hydrogens (tertiary/aromatic N) is 3. The van der Waals surface area contributed by atoms with Gasteiger partial charge in [0.15, 0.2) is 6.23 Å². The van der Waals surface area contributed by atoms with Crippen molar-refractivity contribution in [1.82, 2.24) is 14.2 Å². The quantitative estimate of drug-likeness (QED) is 0.0262. The predicted octanol–water partition coefficient (Wildman–Crippen LogP) is 12.0. The number of hydrogen-bond donors (Lipinski definition) is 1. The van der Waals surface area contributed by atoms with E-state index in [1.165, 1.54) is 93.9 Å². The van der Waals surface area contributed by atoms with Gasteiger partial charge in [0.25, 0.3) is 14.1 Å². The van der Waals surface area contributed by atoms with Crippen LogP contribution in [0.1, 0.15) is 154 Å². The molecule has 5 rings (SSSR count). The molecule has 4 aromatic rings. The Balaban J connectivity index is 1.41. The van der Waals surface area contributed by atoms with E-state index in [4.69, 9.17) is 37.5 Å². The van der Waals surface area contributed by atoms with Gasteiger partial charge in [-0.2, -0.15) is 5.26 Å². The minimum atomic E-state index is -1.84. The Labute approximate surface area is 430 Å². The number of nitrogens with one attached hydrogen (secondary N) is 1. The molecule has 1 saturated heterocycles. The summed E-state index contributed by atoms with van der Waals surface area (Å²) in [6.45, 7) is 11.7. The normalized spacial score (nSPS) is 17.5. The van der Waals surface area contributed by atoms with Gasteiger partial charge < -0.3 is 37.5 Å². The van der Waals surface area contributed by atoms with E-state index >= 15 is 0 Å². The number of methoxy groups -OCH3 is 2. The maximum Gasteiger partial charge on any atom is 0.330 e. The molecule has 15 heteroatoms. The van der Waals surface area contributed by atoms with Crippen molar-refractivity contribution in [2.75, 3.05) is 47.3 Å². The largest absolute Gasteiger partial charge is 0.497 e. The second-order valence-electron chi connectivity index (χ2n) is 19.1. The van der Waals surface area contributed by atoms with Crippen LogP contribution >= 0.6 is 8.53 Å². The van der Waals surface area contributed by atoms with Gasteiger partial charge in [-0.3, -0.25) is 14.3 Å². The van der Waals surface area contributed by atoms with Crippen molar-refractivity contribution >= 4 is 8.53 Å². The molecule has 396 valence electrons. The molecule has 2 heterocycles. The first-order valence-corrected chi connectivity index (χ1v) is 27.6. The monoisotopic (exact) mass is 1010 g/mol. The summed E-state index contributed by atoms with van der Waals surface area (Å²) in [6.07, 6.45) is 15.8. The lowest BCUT2D eigenvalue weighted by Gasteiger charge is -2.39. The minimum absolute atomic E-state index is 0.00798. The van der Waals surface area contributed by atoms with Crippen LogP contribution in [0, 0.1) is 11.3 Å². The van der Waals surface area contributed by atoms with E-state index in [1.54, 1.807) is 14.2 Å². The molecule has 1 aliphatic heterocycles. The van der Waals surface area contributed by atoms with E-state index in [0.717, 1.165) is 29.5 Å². The van der Waals surface area contributed by atoms with Crippen LogP contribution in [0.3, 0.4) is 0 Å². The van der Waals surface area contributed by atoms with E-state index in [1.807, 2.05) is 78.9 Å². The number of H-pyrrole nitrogens is 1. The van der Waals surface area contributed by atoms with E-state index in [2.05, 4.69) is 50.3 Å². The molecule has 5 atom stereocenters. The third kappa shape index (κ3) is 17.3. The van der Waals surface area contributed by atoms with Crippen molar-refractivity contribution in [2.24, 2.45) is 0 Å². The fourth-order valence-corrected chi connectivity index (χ4v) is 11.2. The van der Waals surface area contributed by atoms with Crippen LogP contribution in [0.5, 0.6) is 11.5 Å². The Morgan fingerprint density at radius 3 is 1.75 bits per heavy atom. The molecular weight excluding hydrogens is 932 g/mol. The van der Waals surface area contributed by atoms with Crippen molar-refractivity contribution in [2.45, 2.75) is 173 Å². The average Bonchev–Trinajstić information content (AvgIpc) is 3.72. The van der Waals surface area contributed by atoms with E-state index in [9.17, 15) is 14.9 Å². The molecule has 1 aliphatic rings. The summed E-state index contributed by atoms with van der Waals surface area (Å²) < 4.78 is 55.6. The highest BCUT2D eigenvalue weighted by atomic mass is 31.2. The minimum Gasteiger partial charge on any atom is -0.497 e. The number of unbranched alkanes of at least 4 members (excludes halogenated alkanes) is 13. The fourth-order valence-electron chi connectivity index (χ4n) is 9.42. The van der Waals surface area contributed by atoms with Gasteiger partial charge in [0.1, 0.15) is 35.4 Å². The summed E-state index contributed by atoms with van der Waals surface area (Å²) in [5, 5.41) is 9.56. The maximum atomic E-state index is 13.7. The molecule has 0 radical (unpaired) electrons. The summed E-state index contributed by atoms with van der Waals surface area (Å²) in [5.74, 6) is 1.37. The second-order valence-corrected chi connectivity index (χ2v) is 20.5. The summed E-state index contributed by atoms with van der Waals surface area (Å²) in [6, 6.07) is 29.0. The van der Waals surface area contributed by atoms with Crippen molar-refractivity contribution < 1.29 is 37.5 Å². The zero-order valence-corrected chi connectivity index (χ0v) is 45.0. The Hall–Kier alpha value is -4.42. The van der Waals surface area contributed by atoms with Crippen molar-refractivity contribution in [3.8, 4) is 17.6 Å². The van der Waals surface area contributed by atoms with Crippen LogP contribution in [0.15, 0.2) is 101 Å². The van der Waals surface area contributed by atoms with Crippen LogP contribution in [-0.2, 0) is 33.6 Å². The van der Waals surface area contributed by atoms with E-state index in [-0.39, 0.29) is 38.3 Å². The Morgan fingerprint density at radius 1 is 0.694 bits per heavy atom. The molecule has 3 aromatic carbocycles. The summed E-state index contributed by atoms with van der Waals surface area (Å²) in [4.78, 5) is 28.5. The number of hydrogen-bond acceptors (Lipinski definition) is 12. The molecule has 0 saturated carbocycles.